The molecule has 0 N–H and O–H groups in total. The summed E-state index contributed by atoms with van der Waals surface area (Å²) in [5, 5.41) is -0.0240. The summed E-state index contributed by atoms with van der Waals surface area (Å²) in [5.74, 6) is -0.355. The molecule has 51 heavy (non-hydrogen) atoms. The number of sulfonamides is 1. The molecule has 0 bridgehead atoms. The topological polar surface area (TPSA) is 133 Å². The molecule has 0 atom stereocenters. The Bertz CT molecular complexity index is 2230. The molecule has 1 amide bonds. The smallest absolute Gasteiger partial charge is 0.422 e. The van der Waals surface area contributed by atoms with Crippen molar-refractivity contribution in [3.05, 3.63) is 118 Å². The third-order valence-electron chi connectivity index (χ3n) is 8.22. The van der Waals surface area contributed by atoms with Crippen LogP contribution in [0.15, 0.2) is 106 Å². The van der Waals surface area contributed by atoms with Crippen LogP contribution >= 0.6 is 0 Å². The van der Waals surface area contributed by atoms with E-state index in [4.69, 9.17) is 18.6 Å². The number of nitrogens with zero attached hydrogens (tertiary/aromatic N) is 2. The largest absolute Gasteiger partial charge is 0.489 e. The molecule has 5 aromatic rings. The number of fused-ring (bicyclic) bond motifs is 1. The van der Waals surface area contributed by atoms with Gasteiger partial charge in [0.15, 0.2) is 11.3 Å². The van der Waals surface area contributed by atoms with Gasteiger partial charge in [-0.25, -0.2) is 13.2 Å². The first kappa shape index (κ1) is 35.2. The fourth-order valence-corrected chi connectivity index (χ4v) is 7.46. The van der Waals surface area contributed by atoms with E-state index in [1.165, 1.54) is 21.3 Å². The lowest BCUT2D eigenvalue weighted by molar-refractivity contribution is -0.134. The quantitative estimate of drug-likeness (QED) is 0.113. The van der Waals surface area contributed by atoms with Gasteiger partial charge in [-0.1, -0.05) is 60.7 Å². The van der Waals surface area contributed by atoms with E-state index in [0.717, 1.165) is 18.1 Å². The van der Waals surface area contributed by atoms with Crippen molar-refractivity contribution in [1.82, 2.24) is 0 Å². The van der Waals surface area contributed by atoms with Crippen LogP contribution in [0.1, 0.15) is 45.2 Å². The molecule has 1 aromatic heterocycles. The number of esters is 1. The van der Waals surface area contributed by atoms with Gasteiger partial charge in [0.05, 0.1) is 22.5 Å². The standard InChI is InChI=1S/C39H38N2O9S/c1-26(42)49-38(44)41(39(2,3)4)30-22-32-34(43)37(48-25-28-14-9-6-10-15-28)35(50-36(32)33(23-30)40-20-11-21-51(40,45)46)29-16-18-31(19-17-29)47-24-27-12-7-5-8-13-27/h5-10,12-19,22-23H,11,20-21,24-25H2,1-4H3. The lowest BCUT2D eigenvalue weighted by atomic mass is 10.0. The number of hydrogen-bond acceptors (Lipinski definition) is 9. The summed E-state index contributed by atoms with van der Waals surface area (Å²) in [6.45, 7) is 6.80. The van der Waals surface area contributed by atoms with Crippen LogP contribution in [0.25, 0.3) is 22.3 Å². The van der Waals surface area contributed by atoms with E-state index in [2.05, 4.69) is 0 Å². The number of benzene rings is 4. The zero-order valence-corrected chi connectivity index (χ0v) is 29.6. The Hall–Kier alpha value is -5.62. The van der Waals surface area contributed by atoms with E-state index in [-0.39, 0.29) is 52.8 Å². The third kappa shape index (κ3) is 7.76. The molecule has 0 spiro atoms. The molecule has 4 aromatic carbocycles. The van der Waals surface area contributed by atoms with Crippen molar-refractivity contribution in [3.63, 3.8) is 0 Å². The Morgan fingerprint density at radius 1 is 0.863 bits per heavy atom. The van der Waals surface area contributed by atoms with Crippen molar-refractivity contribution < 1.29 is 36.6 Å². The van der Waals surface area contributed by atoms with Crippen molar-refractivity contribution >= 4 is 44.4 Å². The highest BCUT2D eigenvalue weighted by atomic mass is 32.2. The van der Waals surface area contributed by atoms with Gasteiger partial charge in [-0.3, -0.25) is 18.8 Å². The van der Waals surface area contributed by atoms with Gasteiger partial charge in [0.2, 0.25) is 21.2 Å². The predicted octanol–water partition coefficient (Wildman–Crippen LogP) is 7.45. The molecule has 2 heterocycles. The zero-order valence-electron chi connectivity index (χ0n) is 28.8. The molecule has 6 rings (SSSR count). The number of ether oxygens (including phenoxy) is 3. The second-order valence-electron chi connectivity index (χ2n) is 13.1. The molecule has 1 aliphatic rings. The van der Waals surface area contributed by atoms with E-state index in [1.807, 2.05) is 60.7 Å². The van der Waals surface area contributed by atoms with Crippen LogP contribution in [0.2, 0.25) is 0 Å². The molecule has 11 nitrogen and oxygen atoms in total. The molecule has 1 aliphatic heterocycles. The fourth-order valence-electron chi connectivity index (χ4n) is 5.90. The highest BCUT2D eigenvalue weighted by Gasteiger charge is 2.36. The Morgan fingerprint density at radius 3 is 2.02 bits per heavy atom. The molecule has 12 heteroatoms. The Kier molecular flexibility index (Phi) is 9.88. The Balaban J connectivity index is 1.54. The number of amides is 1. The molecular weight excluding hydrogens is 673 g/mol. The molecular formula is C39H38N2O9S. The number of rotatable bonds is 9. The average molecular weight is 711 g/mol. The fraction of sp³-hybridized carbons (Fsp3) is 0.256. The van der Waals surface area contributed by atoms with E-state index in [0.29, 0.717) is 24.3 Å². The summed E-state index contributed by atoms with van der Waals surface area (Å²) in [5.41, 5.74) is 0.948. The zero-order chi connectivity index (χ0) is 36.3. The Morgan fingerprint density at radius 2 is 1.47 bits per heavy atom. The molecule has 0 radical (unpaired) electrons. The summed E-state index contributed by atoms with van der Waals surface area (Å²) in [4.78, 5) is 40.9. The van der Waals surface area contributed by atoms with Gasteiger partial charge in [0, 0.05) is 24.6 Å². The molecule has 0 saturated carbocycles. The summed E-state index contributed by atoms with van der Waals surface area (Å²) in [6, 6.07) is 28.9. The minimum absolute atomic E-state index is 0.00511. The van der Waals surface area contributed by atoms with Gasteiger partial charge in [-0.15, -0.1) is 0 Å². The highest BCUT2D eigenvalue weighted by Crippen LogP contribution is 2.41. The number of anilines is 2. The van der Waals surface area contributed by atoms with Gasteiger partial charge < -0.3 is 18.6 Å². The van der Waals surface area contributed by atoms with E-state index < -0.39 is 33.1 Å². The average Bonchev–Trinajstić information content (AvgIpc) is 3.45. The van der Waals surface area contributed by atoms with E-state index >= 15 is 0 Å². The summed E-state index contributed by atoms with van der Waals surface area (Å²) >= 11 is 0. The maximum atomic E-state index is 14.6. The Labute approximate surface area is 296 Å². The highest BCUT2D eigenvalue weighted by molar-refractivity contribution is 7.93. The van der Waals surface area contributed by atoms with Crippen LogP contribution in [0.4, 0.5) is 16.2 Å². The lowest BCUT2D eigenvalue weighted by Gasteiger charge is -2.35. The van der Waals surface area contributed by atoms with Crippen LogP contribution in [0.5, 0.6) is 11.5 Å². The van der Waals surface area contributed by atoms with Gasteiger partial charge in [0.1, 0.15) is 19.0 Å². The van der Waals surface area contributed by atoms with Gasteiger partial charge in [-0.2, -0.15) is 0 Å². The summed E-state index contributed by atoms with van der Waals surface area (Å²) in [7, 11) is -3.80. The van der Waals surface area contributed by atoms with Crippen LogP contribution in [0, 0.1) is 0 Å². The minimum atomic E-state index is -3.80. The van der Waals surface area contributed by atoms with E-state index in [9.17, 15) is 22.8 Å². The van der Waals surface area contributed by atoms with Crippen molar-refractivity contribution in [1.29, 1.82) is 0 Å². The van der Waals surface area contributed by atoms with Crippen LogP contribution in [-0.2, 0) is 32.8 Å². The predicted molar refractivity (Wildman–Crippen MR) is 195 cm³/mol. The second kappa shape index (κ2) is 14.3. The van der Waals surface area contributed by atoms with Gasteiger partial charge >= 0.3 is 12.1 Å². The third-order valence-corrected chi connectivity index (χ3v) is 10.1. The lowest BCUT2D eigenvalue weighted by Crippen LogP contribution is -2.46. The number of carbonyl (C=O) groups is 2. The number of carbonyl (C=O) groups excluding carboxylic acids is 2. The van der Waals surface area contributed by atoms with Gasteiger partial charge in [0.25, 0.3) is 0 Å². The maximum Gasteiger partial charge on any atom is 0.422 e. The first-order valence-electron chi connectivity index (χ1n) is 16.4. The summed E-state index contributed by atoms with van der Waals surface area (Å²) < 4.78 is 51.6. The normalized spacial score (nSPS) is 13.9. The van der Waals surface area contributed by atoms with Crippen LogP contribution < -0.4 is 24.1 Å². The molecule has 0 aliphatic carbocycles. The second-order valence-corrected chi connectivity index (χ2v) is 15.1. The molecule has 1 saturated heterocycles. The van der Waals surface area contributed by atoms with Crippen molar-refractivity contribution in [3.8, 4) is 22.8 Å². The van der Waals surface area contributed by atoms with Gasteiger partial charge in [-0.05, 0) is 74.7 Å². The summed E-state index contributed by atoms with van der Waals surface area (Å²) in [6.07, 6.45) is -0.635. The van der Waals surface area contributed by atoms with Crippen LogP contribution in [-0.4, -0.2) is 38.3 Å². The number of hydrogen-bond donors (Lipinski definition) is 0. The first-order valence-corrected chi connectivity index (χ1v) is 18.0. The maximum absolute atomic E-state index is 14.6. The molecule has 1 fully saturated rings. The van der Waals surface area contributed by atoms with Crippen molar-refractivity contribution in [2.75, 3.05) is 21.5 Å². The minimum Gasteiger partial charge on any atom is -0.489 e. The molecule has 0 unspecified atom stereocenters. The van der Waals surface area contributed by atoms with E-state index in [1.54, 1.807) is 45.0 Å². The first-order chi connectivity index (χ1) is 24.3. The van der Waals surface area contributed by atoms with Crippen molar-refractivity contribution in [2.45, 2.75) is 52.9 Å². The monoisotopic (exact) mass is 710 g/mol. The SMILES string of the molecule is CC(=O)OC(=O)N(c1cc(N2CCCS2(=O)=O)c2oc(-c3ccc(OCc4ccccc4)cc3)c(OCc3ccccc3)c(=O)c2c1)C(C)(C)C. The molecule has 264 valence electrons. The van der Waals surface area contributed by atoms with Crippen molar-refractivity contribution in [2.24, 2.45) is 0 Å². The van der Waals surface area contributed by atoms with Crippen LogP contribution in [0.3, 0.4) is 0 Å².